The van der Waals surface area contributed by atoms with Gasteiger partial charge in [0, 0.05) is 0 Å². The van der Waals surface area contributed by atoms with E-state index in [1.54, 1.807) is 0 Å². The molecule has 360 valence electrons. The van der Waals surface area contributed by atoms with E-state index in [-0.39, 0.29) is 0 Å². The Labute approximate surface area is 421 Å². The fraction of sp³-hybridized carbons (Fsp3) is 0.246. The van der Waals surface area contributed by atoms with Crippen molar-refractivity contribution in [1.29, 1.82) is 0 Å². The topological polar surface area (TPSA) is 0 Å². The molecule has 0 heterocycles. The zero-order valence-electron chi connectivity index (χ0n) is 45.3. The van der Waals surface area contributed by atoms with Gasteiger partial charge in [0.05, 0.1) is 0 Å². The minimum Gasteiger partial charge on any atom is -0.0961 e. The van der Waals surface area contributed by atoms with E-state index < -0.39 is 0 Å². The molecular formula is C69H84. The van der Waals surface area contributed by atoms with Crippen molar-refractivity contribution in [2.24, 2.45) is 0 Å². The quantitative estimate of drug-likeness (QED) is 0.146. The fourth-order valence-corrected chi connectivity index (χ4v) is 7.53. The molecule has 0 N–H and O–H groups in total. The molecule has 0 nitrogen and oxygen atoms in total. The van der Waals surface area contributed by atoms with Crippen LogP contribution in [0.5, 0.6) is 0 Å². The molecule has 8 aromatic carbocycles. The van der Waals surface area contributed by atoms with Gasteiger partial charge in [-0.15, -0.1) is 0 Å². The molecule has 0 radical (unpaired) electrons. The maximum atomic E-state index is 3.97. The third kappa shape index (κ3) is 19.0. The van der Waals surface area contributed by atoms with Crippen LogP contribution in [-0.2, 0) is 5.41 Å². The first-order chi connectivity index (χ1) is 33.2. The van der Waals surface area contributed by atoms with Crippen molar-refractivity contribution in [2.45, 2.75) is 116 Å². The Morgan fingerprint density at radius 1 is 0.377 bits per heavy atom. The van der Waals surface area contributed by atoms with Crippen LogP contribution in [0, 0.1) is 34.6 Å². The summed E-state index contributed by atoms with van der Waals surface area (Å²) in [5.41, 5.74) is 22.3. The number of aryl methyl sites for hydroxylation is 3. The summed E-state index contributed by atoms with van der Waals surface area (Å²) < 4.78 is 0. The van der Waals surface area contributed by atoms with Crippen LogP contribution in [-0.4, -0.2) is 0 Å². The van der Waals surface area contributed by atoms with Crippen LogP contribution in [0.1, 0.15) is 115 Å². The van der Waals surface area contributed by atoms with Gasteiger partial charge >= 0.3 is 0 Å². The lowest BCUT2D eigenvalue weighted by Crippen LogP contribution is -2.10. The zero-order valence-corrected chi connectivity index (χ0v) is 45.3. The highest BCUT2D eigenvalue weighted by Crippen LogP contribution is 2.35. The van der Waals surface area contributed by atoms with Crippen LogP contribution < -0.4 is 0 Å². The van der Waals surface area contributed by atoms with Crippen molar-refractivity contribution >= 4 is 5.57 Å². The van der Waals surface area contributed by atoms with Crippen molar-refractivity contribution < 1.29 is 0 Å². The largest absolute Gasteiger partial charge is 0.0961 e. The van der Waals surface area contributed by atoms with Crippen molar-refractivity contribution in [3.05, 3.63) is 257 Å². The first kappa shape index (κ1) is 58.4. The van der Waals surface area contributed by atoms with E-state index in [0.29, 0.717) is 5.41 Å². The lowest BCUT2D eigenvalue weighted by molar-refractivity contribution is 0.590. The monoisotopic (exact) mass is 913 g/mol. The average Bonchev–Trinajstić information content (AvgIpc) is 3.38. The third-order valence-electron chi connectivity index (χ3n) is 11.3. The van der Waals surface area contributed by atoms with Gasteiger partial charge in [-0.25, -0.2) is 0 Å². The van der Waals surface area contributed by atoms with Crippen LogP contribution in [0.15, 0.2) is 218 Å². The van der Waals surface area contributed by atoms with E-state index in [4.69, 9.17) is 0 Å². The Morgan fingerprint density at radius 2 is 0.739 bits per heavy atom. The standard InChI is InChI=1S/C24H22.C22H22.C10H14.C7H8.3C2H6/c1-18(2)15-19(3)21-11-7-13-23(16-21)24-14-8-12-22(17-24)20-9-5-4-6-10-20;1-15-9-5-7-11-19(15)21-13-14-22(18(4)17(21)3)20-12-8-6-10-16(20)2;1-10(2,3)9-7-5-4-6-8-9;1-7-5-3-2-4-6-7;3*1-2/h4-17H,1H2,2-3H3;5-14H,1-4H3;4-8H,1-3H3;2-6H,1H3;3*1-2H3/b19-15+;;;;;;. The summed E-state index contributed by atoms with van der Waals surface area (Å²) in [6.07, 6.45) is 2.12. The molecule has 69 heavy (non-hydrogen) atoms. The molecule has 8 rings (SSSR count). The minimum atomic E-state index is 0.293. The third-order valence-corrected chi connectivity index (χ3v) is 11.3. The molecule has 0 aliphatic rings. The molecule has 0 saturated carbocycles. The number of benzene rings is 8. The van der Waals surface area contributed by atoms with Gasteiger partial charge in [0.15, 0.2) is 0 Å². The van der Waals surface area contributed by atoms with E-state index in [0.717, 1.165) is 5.57 Å². The van der Waals surface area contributed by atoms with E-state index in [1.165, 1.54) is 89.0 Å². The summed E-state index contributed by atoms with van der Waals surface area (Å²) in [6.45, 7) is 37.7. The molecule has 0 saturated heterocycles. The highest BCUT2D eigenvalue weighted by Gasteiger charge is 2.13. The van der Waals surface area contributed by atoms with E-state index in [2.05, 4.69) is 251 Å². The molecule has 0 bridgehead atoms. The first-order valence-electron chi connectivity index (χ1n) is 25.1. The van der Waals surface area contributed by atoms with Crippen LogP contribution in [0.25, 0.3) is 50.1 Å². The van der Waals surface area contributed by atoms with Gasteiger partial charge in [0.25, 0.3) is 0 Å². The smallest absolute Gasteiger partial charge is 0.0132 e. The highest BCUT2D eigenvalue weighted by molar-refractivity contribution is 5.80. The summed E-state index contributed by atoms with van der Waals surface area (Å²) in [4.78, 5) is 0. The Hall–Kier alpha value is -6.76. The van der Waals surface area contributed by atoms with E-state index >= 15 is 0 Å². The number of hydrogen-bond acceptors (Lipinski definition) is 0. The van der Waals surface area contributed by atoms with Crippen molar-refractivity contribution in [3.8, 4) is 44.5 Å². The summed E-state index contributed by atoms with van der Waals surface area (Å²) in [5.74, 6) is 0. The number of allylic oxidation sites excluding steroid dienone is 3. The molecular weight excluding hydrogens is 829 g/mol. The van der Waals surface area contributed by atoms with Gasteiger partial charge < -0.3 is 0 Å². The predicted octanol–water partition coefficient (Wildman–Crippen LogP) is 21.3. The fourth-order valence-electron chi connectivity index (χ4n) is 7.53. The molecule has 0 amide bonds. The van der Waals surface area contributed by atoms with Gasteiger partial charge in [0.2, 0.25) is 0 Å². The summed E-state index contributed by atoms with van der Waals surface area (Å²) >= 11 is 0. The Kier molecular flexibility index (Phi) is 26.5. The summed E-state index contributed by atoms with van der Waals surface area (Å²) in [5, 5.41) is 0. The molecule has 0 atom stereocenters. The van der Waals surface area contributed by atoms with Crippen LogP contribution in [0.2, 0.25) is 0 Å². The SMILES string of the molecule is C=C(C)/C=C(\C)c1cccc(-c2cccc(-c3ccccc3)c2)c1.CC.CC.CC.CC(C)(C)c1ccccc1.Cc1ccccc1.Cc1ccccc1-c1ccc(-c2ccccc2C)c(C)c1C. The van der Waals surface area contributed by atoms with Crippen LogP contribution in [0.4, 0.5) is 0 Å². The molecule has 0 aliphatic carbocycles. The van der Waals surface area contributed by atoms with Gasteiger partial charge in [0.1, 0.15) is 0 Å². The molecule has 0 heteroatoms. The van der Waals surface area contributed by atoms with E-state index in [9.17, 15) is 0 Å². The summed E-state index contributed by atoms with van der Waals surface area (Å²) in [6, 6.07) is 70.5. The average molecular weight is 913 g/mol. The van der Waals surface area contributed by atoms with Crippen molar-refractivity contribution in [2.75, 3.05) is 0 Å². The molecule has 8 aromatic rings. The lowest BCUT2D eigenvalue weighted by Gasteiger charge is -2.18. The molecule has 0 aliphatic heterocycles. The van der Waals surface area contributed by atoms with Crippen molar-refractivity contribution in [1.82, 2.24) is 0 Å². The van der Waals surface area contributed by atoms with Gasteiger partial charge in [-0.1, -0.05) is 274 Å². The highest BCUT2D eigenvalue weighted by atomic mass is 14.2. The number of rotatable bonds is 6. The Balaban J connectivity index is 0.000000330. The first-order valence-corrected chi connectivity index (χ1v) is 25.1. The second kappa shape index (κ2) is 31.3. The van der Waals surface area contributed by atoms with Gasteiger partial charge in [-0.05, 0) is 149 Å². The molecule has 0 aromatic heterocycles. The predicted molar refractivity (Wildman–Crippen MR) is 312 cm³/mol. The second-order valence-corrected chi connectivity index (χ2v) is 17.5. The van der Waals surface area contributed by atoms with Crippen LogP contribution >= 0.6 is 0 Å². The second-order valence-electron chi connectivity index (χ2n) is 17.5. The summed E-state index contributed by atoms with van der Waals surface area (Å²) in [7, 11) is 0. The molecule has 0 spiro atoms. The van der Waals surface area contributed by atoms with Gasteiger partial charge in [-0.2, -0.15) is 0 Å². The normalized spacial score (nSPS) is 10.2. The minimum absolute atomic E-state index is 0.293. The lowest BCUT2D eigenvalue weighted by atomic mass is 9.87. The maximum absolute atomic E-state index is 3.97. The van der Waals surface area contributed by atoms with Gasteiger partial charge in [-0.3, -0.25) is 0 Å². The number of hydrogen-bond donors (Lipinski definition) is 0. The maximum Gasteiger partial charge on any atom is -0.0132 e. The molecule has 0 fully saturated rings. The molecule has 0 unspecified atom stereocenters. The zero-order chi connectivity index (χ0) is 51.4. The van der Waals surface area contributed by atoms with Crippen molar-refractivity contribution in [3.63, 3.8) is 0 Å². The Morgan fingerprint density at radius 3 is 1.13 bits per heavy atom. The van der Waals surface area contributed by atoms with E-state index in [1.807, 2.05) is 72.7 Å². The Bertz CT molecular complexity index is 2630. The van der Waals surface area contributed by atoms with Crippen LogP contribution in [0.3, 0.4) is 0 Å².